The van der Waals surface area contributed by atoms with Gasteiger partial charge >= 0.3 is 0 Å². The Hall–Kier alpha value is -0.970. The summed E-state index contributed by atoms with van der Waals surface area (Å²) in [7, 11) is 0. The van der Waals surface area contributed by atoms with Crippen molar-refractivity contribution in [3.05, 3.63) is 29.3 Å². The van der Waals surface area contributed by atoms with Gasteiger partial charge in [-0.25, -0.2) is 0 Å². The molecular formula is C14H20Cl2N2O2. The Kier molecular flexibility index (Phi) is 7.13. The minimum atomic E-state index is -0.500. The maximum Gasteiger partial charge on any atom is 0.261 e. The number of benzene rings is 1. The van der Waals surface area contributed by atoms with E-state index in [0.717, 1.165) is 19.5 Å². The van der Waals surface area contributed by atoms with Crippen LogP contribution in [0.2, 0.25) is 5.02 Å². The van der Waals surface area contributed by atoms with Gasteiger partial charge in [-0.3, -0.25) is 4.79 Å². The molecule has 2 unspecified atom stereocenters. The Labute approximate surface area is 130 Å². The summed E-state index contributed by atoms with van der Waals surface area (Å²) in [6.45, 7) is 3.70. The lowest BCUT2D eigenvalue weighted by molar-refractivity contribution is -0.128. The minimum Gasteiger partial charge on any atom is -0.479 e. The molecule has 2 N–H and O–H groups in total. The maximum absolute atomic E-state index is 12.1. The van der Waals surface area contributed by atoms with E-state index in [-0.39, 0.29) is 24.4 Å². The number of amides is 1. The molecule has 1 aromatic carbocycles. The highest BCUT2D eigenvalue weighted by atomic mass is 35.5. The predicted octanol–water partition coefficient (Wildman–Crippen LogP) is 2.40. The van der Waals surface area contributed by atoms with Gasteiger partial charge in [0.15, 0.2) is 6.10 Å². The molecule has 20 heavy (non-hydrogen) atoms. The molecule has 1 aliphatic rings. The van der Waals surface area contributed by atoms with E-state index in [0.29, 0.717) is 17.2 Å². The van der Waals surface area contributed by atoms with Gasteiger partial charge in [0.2, 0.25) is 0 Å². The Morgan fingerprint density at radius 1 is 1.55 bits per heavy atom. The van der Waals surface area contributed by atoms with E-state index in [1.54, 1.807) is 12.1 Å². The molecule has 1 aliphatic heterocycles. The molecule has 6 heteroatoms. The highest BCUT2D eigenvalue weighted by Crippen LogP contribution is 2.24. The molecule has 2 atom stereocenters. The highest BCUT2D eigenvalue weighted by Gasteiger charge is 2.23. The van der Waals surface area contributed by atoms with Gasteiger partial charge in [-0.05, 0) is 31.5 Å². The Balaban J connectivity index is 0.00000200. The summed E-state index contributed by atoms with van der Waals surface area (Å²) in [5.41, 5.74) is 0. The molecule has 1 amide bonds. The van der Waals surface area contributed by atoms with E-state index >= 15 is 0 Å². The van der Waals surface area contributed by atoms with Crippen LogP contribution < -0.4 is 15.4 Å². The van der Waals surface area contributed by atoms with Crippen LogP contribution in [0.5, 0.6) is 5.75 Å². The molecular weight excluding hydrogens is 299 g/mol. The first kappa shape index (κ1) is 17.1. The molecule has 0 bridgehead atoms. The van der Waals surface area contributed by atoms with Crippen LogP contribution in [0, 0.1) is 0 Å². The summed E-state index contributed by atoms with van der Waals surface area (Å²) < 4.78 is 5.70. The largest absolute Gasteiger partial charge is 0.479 e. The van der Waals surface area contributed by atoms with Crippen LogP contribution in [0.15, 0.2) is 24.3 Å². The Morgan fingerprint density at radius 2 is 2.30 bits per heavy atom. The quantitative estimate of drug-likeness (QED) is 0.876. The van der Waals surface area contributed by atoms with Gasteiger partial charge in [0.25, 0.3) is 5.91 Å². The van der Waals surface area contributed by atoms with Crippen molar-refractivity contribution in [1.82, 2.24) is 10.6 Å². The van der Waals surface area contributed by atoms with Crippen molar-refractivity contribution in [1.29, 1.82) is 0 Å². The number of hydrogen-bond donors (Lipinski definition) is 2. The third-order valence-electron chi connectivity index (χ3n) is 3.18. The fraction of sp³-hybridized carbons (Fsp3) is 0.500. The second kappa shape index (κ2) is 8.35. The topological polar surface area (TPSA) is 50.4 Å². The van der Waals surface area contributed by atoms with Crippen LogP contribution in [0.3, 0.4) is 0 Å². The normalized spacial score (nSPS) is 19.0. The number of carbonyl (C=O) groups is 1. The fourth-order valence-electron chi connectivity index (χ4n) is 2.09. The molecule has 0 aliphatic carbocycles. The maximum atomic E-state index is 12.1. The second-order valence-corrected chi connectivity index (χ2v) is 5.05. The monoisotopic (exact) mass is 318 g/mol. The SMILES string of the molecule is CCC(Oc1ccccc1Cl)C(=O)NC1CCNC1.Cl. The van der Waals surface area contributed by atoms with Gasteiger partial charge in [0, 0.05) is 12.6 Å². The molecule has 1 fully saturated rings. The average Bonchev–Trinajstić information content (AvgIpc) is 2.90. The van der Waals surface area contributed by atoms with Gasteiger partial charge in [0.05, 0.1) is 5.02 Å². The van der Waals surface area contributed by atoms with Crippen molar-refractivity contribution >= 4 is 29.9 Å². The summed E-state index contributed by atoms with van der Waals surface area (Å²) in [6.07, 6.45) is 1.08. The zero-order valence-electron chi connectivity index (χ0n) is 11.4. The zero-order valence-corrected chi connectivity index (χ0v) is 13.0. The summed E-state index contributed by atoms with van der Waals surface area (Å²) >= 11 is 6.03. The smallest absolute Gasteiger partial charge is 0.261 e. The Bertz CT molecular complexity index is 437. The lowest BCUT2D eigenvalue weighted by Gasteiger charge is -2.20. The molecule has 112 valence electrons. The summed E-state index contributed by atoms with van der Waals surface area (Å²) in [5.74, 6) is 0.479. The number of rotatable bonds is 5. The number of halogens is 2. The van der Waals surface area contributed by atoms with Crippen LogP contribution in [0.1, 0.15) is 19.8 Å². The summed E-state index contributed by atoms with van der Waals surface area (Å²) in [5, 5.41) is 6.74. The van der Waals surface area contributed by atoms with E-state index < -0.39 is 6.10 Å². The first-order valence-electron chi connectivity index (χ1n) is 6.63. The van der Waals surface area contributed by atoms with Crippen LogP contribution in [0.25, 0.3) is 0 Å². The van der Waals surface area contributed by atoms with Crippen molar-refractivity contribution in [3.63, 3.8) is 0 Å². The van der Waals surface area contributed by atoms with Crippen LogP contribution in [-0.4, -0.2) is 31.1 Å². The first-order valence-corrected chi connectivity index (χ1v) is 7.00. The van der Waals surface area contributed by atoms with E-state index in [2.05, 4.69) is 10.6 Å². The van der Waals surface area contributed by atoms with E-state index in [1.165, 1.54) is 0 Å². The van der Waals surface area contributed by atoms with Crippen molar-refractivity contribution in [2.24, 2.45) is 0 Å². The zero-order chi connectivity index (χ0) is 13.7. The highest BCUT2D eigenvalue weighted by molar-refractivity contribution is 6.32. The molecule has 0 spiro atoms. The molecule has 2 rings (SSSR count). The summed E-state index contributed by atoms with van der Waals surface area (Å²) in [6, 6.07) is 7.40. The number of carbonyl (C=O) groups excluding carboxylic acids is 1. The van der Waals surface area contributed by atoms with Crippen LogP contribution in [-0.2, 0) is 4.79 Å². The third kappa shape index (κ3) is 4.54. The molecule has 1 heterocycles. The van der Waals surface area contributed by atoms with Gasteiger partial charge in [0.1, 0.15) is 5.75 Å². The Morgan fingerprint density at radius 3 is 2.90 bits per heavy atom. The number of hydrogen-bond acceptors (Lipinski definition) is 3. The lowest BCUT2D eigenvalue weighted by Crippen LogP contribution is -2.44. The third-order valence-corrected chi connectivity index (χ3v) is 3.49. The van der Waals surface area contributed by atoms with Crippen LogP contribution in [0.4, 0.5) is 0 Å². The van der Waals surface area contributed by atoms with Gasteiger partial charge in [-0.15, -0.1) is 12.4 Å². The van der Waals surface area contributed by atoms with Crippen molar-refractivity contribution in [3.8, 4) is 5.75 Å². The molecule has 0 saturated carbocycles. The van der Waals surface area contributed by atoms with E-state index in [4.69, 9.17) is 16.3 Å². The molecule has 4 nitrogen and oxygen atoms in total. The van der Waals surface area contributed by atoms with Crippen LogP contribution >= 0.6 is 24.0 Å². The lowest BCUT2D eigenvalue weighted by atomic mass is 10.2. The fourth-order valence-corrected chi connectivity index (χ4v) is 2.27. The molecule has 0 radical (unpaired) electrons. The number of nitrogens with one attached hydrogen (secondary N) is 2. The molecule has 0 aromatic heterocycles. The van der Waals surface area contributed by atoms with Crippen molar-refractivity contribution in [2.45, 2.75) is 31.9 Å². The van der Waals surface area contributed by atoms with Crippen molar-refractivity contribution in [2.75, 3.05) is 13.1 Å². The summed E-state index contributed by atoms with van der Waals surface area (Å²) in [4.78, 5) is 12.1. The molecule has 1 saturated heterocycles. The van der Waals surface area contributed by atoms with Gasteiger partial charge < -0.3 is 15.4 Å². The molecule has 1 aromatic rings. The average molecular weight is 319 g/mol. The van der Waals surface area contributed by atoms with Gasteiger partial charge in [-0.2, -0.15) is 0 Å². The first-order chi connectivity index (χ1) is 9.20. The van der Waals surface area contributed by atoms with Crippen molar-refractivity contribution < 1.29 is 9.53 Å². The number of ether oxygens (including phenoxy) is 1. The predicted molar refractivity (Wildman–Crippen MR) is 82.8 cm³/mol. The second-order valence-electron chi connectivity index (χ2n) is 4.64. The van der Waals surface area contributed by atoms with Gasteiger partial charge in [-0.1, -0.05) is 30.7 Å². The van der Waals surface area contributed by atoms with E-state index in [9.17, 15) is 4.79 Å². The standard InChI is InChI=1S/C14H19ClN2O2.ClH/c1-2-12(14(18)17-10-7-8-16-9-10)19-13-6-4-3-5-11(13)15;/h3-6,10,12,16H,2,7-9H2,1H3,(H,17,18);1H. The van der Waals surface area contributed by atoms with E-state index in [1.807, 2.05) is 19.1 Å². The number of para-hydroxylation sites is 1. The minimum absolute atomic E-state index is 0.